The van der Waals surface area contributed by atoms with Crippen LogP contribution in [-0.2, 0) is 0 Å². The van der Waals surface area contributed by atoms with Crippen molar-refractivity contribution >= 4 is 28.9 Å². The van der Waals surface area contributed by atoms with E-state index in [1.165, 1.54) is 12.1 Å². The van der Waals surface area contributed by atoms with Crippen LogP contribution in [0.2, 0.25) is 10.0 Å². The van der Waals surface area contributed by atoms with E-state index in [0.29, 0.717) is 21.5 Å². The standard InChI is InChI=1S/C9H9Cl2N3O/c1-5(2)15-9-4-6(10)8(13-14-12)3-7(9)11/h3-5H,1-2H3. The fourth-order valence-electron chi connectivity index (χ4n) is 0.987. The largest absolute Gasteiger partial charge is 0.489 e. The Labute approximate surface area is 97.4 Å². The van der Waals surface area contributed by atoms with Crippen LogP contribution >= 0.6 is 23.2 Å². The van der Waals surface area contributed by atoms with Crippen LogP contribution in [0.3, 0.4) is 0 Å². The molecule has 1 rings (SSSR count). The second kappa shape index (κ2) is 5.12. The molecule has 0 heterocycles. The van der Waals surface area contributed by atoms with Gasteiger partial charge in [0.2, 0.25) is 0 Å². The molecule has 0 saturated carbocycles. The van der Waals surface area contributed by atoms with Gasteiger partial charge in [-0.1, -0.05) is 28.3 Å². The highest BCUT2D eigenvalue weighted by Crippen LogP contribution is 2.36. The van der Waals surface area contributed by atoms with Crippen LogP contribution in [0.1, 0.15) is 13.8 Å². The molecule has 80 valence electrons. The monoisotopic (exact) mass is 245 g/mol. The lowest BCUT2D eigenvalue weighted by Gasteiger charge is -2.12. The highest BCUT2D eigenvalue weighted by molar-refractivity contribution is 6.36. The minimum absolute atomic E-state index is 0.00360. The molecule has 0 atom stereocenters. The summed E-state index contributed by atoms with van der Waals surface area (Å²) >= 11 is 11.8. The summed E-state index contributed by atoms with van der Waals surface area (Å²) < 4.78 is 5.41. The molecule has 0 aromatic heterocycles. The van der Waals surface area contributed by atoms with Crippen LogP contribution in [0.15, 0.2) is 17.2 Å². The second-order valence-corrected chi connectivity index (χ2v) is 3.90. The third-order valence-electron chi connectivity index (χ3n) is 1.52. The molecular formula is C9H9Cl2N3O. The van der Waals surface area contributed by atoms with Gasteiger partial charge < -0.3 is 4.74 Å². The third kappa shape index (κ3) is 3.20. The van der Waals surface area contributed by atoms with Crippen LogP contribution in [0.25, 0.3) is 10.4 Å². The number of halogens is 2. The zero-order valence-electron chi connectivity index (χ0n) is 8.24. The molecule has 0 aliphatic heterocycles. The fourth-order valence-corrected chi connectivity index (χ4v) is 1.38. The first kappa shape index (κ1) is 12.0. The van der Waals surface area contributed by atoms with Crippen LogP contribution in [0.4, 0.5) is 5.69 Å². The van der Waals surface area contributed by atoms with Crippen molar-refractivity contribution in [1.29, 1.82) is 0 Å². The van der Waals surface area contributed by atoms with Crippen molar-refractivity contribution in [3.05, 3.63) is 32.6 Å². The topological polar surface area (TPSA) is 58.0 Å². The SMILES string of the molecule is CC(C)Oc1cc(Cl)c(N=[N+]=[N-])cc1Cl. The second-order valence-electron chi connectivity index (χ2n) is 3.09. The number of ether oxygens (including phenoxy) is 1. The van der Waals surface area contributed by atoms with Crippen LogP contribution in [0, 0.1) is 0 Å². The van der Waals surface area contributed by atoms with Crippen LogP contribution in [0.5, 0.6) is 5.75 Å². The van der Waals surface area contributed by atoms with Crippen LogP contribution in [-0.4, -0.2) is 6.10 Å². The smallest absolute Gasteiger partial charge is 0.139 e. The van der Waals surface area contributed by atoms with E-state index in [2.05, 4.69) is 10.0 Å². The number of hydrogen-bond donors (Lipinski definition) is 0. The summed E-state index contributed by atoms with van der Waals surface area (Å²) in [5, 5.41) is 4.08. The van der Waals surface area contributed by atoms with Crippen LogP contribution < -0.4 is 4.74 Å². The van der Waals surface area contributed by atoms with E-state index in [0.717, 1.165) is 0 Å². The fraction of sp³-hybridized carbons (Fsp3) is 0.333. The van der Waals surface area contributed by atoms with Gasteiger partial charge in [0, 0.05) is 11.0 Å². The maximum Gasteiger partial charge on any atom is 0.139 e. The van der Waals surface area contributed by atoms with Gasteiger partial charge in [-0.15, -0.1) is 0 Å². The summed E-state index contributed by atoms with van der Waals surface area (Å²) in [6, 6.07) is 3.01. The van der Waals surface area contributed by atoms with Gasteiger partial charge in [0.1, 0.15) is 5.75 Å². The normalized spacial score (nSPS) is 9.93. The predicted molar refractivity (Wildman–Crippen MR) is 61.0 cm³/mol. The lowest BCUT2D eigenvalue weighted by atomic mass is 10.3. The van der Waals surface area contributed by atoms with Gasteiger partial charge in [-0.05, 0) is 25.4 Å². The Bertz CT molecular complexity index is 414. The first-order valence-corrected chi connectivity index (χ1v) is 5.01. The molecule has 0 N–H and O–H groups in total. The van der Waals surface area contributed by atoms with E-state index in [9.17, 15) is 0 Å². The number of hydrogen-bond acceptors (Lipinski definition) is 2. The van der Waals surface area contributed by atoms with Gasteiger partial charge >= 0.3 is 0 Å². The van der Waals surface area contributed by atoms with Gasteiger partial charge in [-0.2, -0.15) is 0 Å². The molecule has 0 unspecified atom stereocenters. The van der Waals surface area contributed by atoms with Gasteiger partial charge in [0.25, 0.3) is 0 Å². The Hall–Kier alpha value is -1.09. The molecule has 4 nitrogen and oxygen atoms in total. The molecule has 0 aliphatic rings. The summed E-state index contributed by atoms with van der Waals surface area (Å²) in [6.07, 6.45) is 0.00360. The highest BCUT2D eigenvalue weighted by atomic mass is 35.5. The summed E-state index contributed by atoms with van der Waals surface area (Å²) in [6.45, 7) is 3.76. The average Bonchev–Trinajstić information content (AvgIpc) is 2.13. The number of nitrogens with zero attached hydrogens (tertiary/aromatic N) is 3. The van der Waals surface area contributed by atoms with Crippen molar-refractivity contribution in [3.8, 4) is 5.75 Å². The first-order chi connectivity index (χ1) is 7.04. The van der Waals surface area contributed by atoms with Gasteiger partial charge in [0.15, 0.2) is 0 Å². The Morgan fingerprint density at radius 2 is 2.00 bits per heavy atom. The Morgan fingerprint density at radius 3 is 2.53 bits per heavy atom. The highest BCUT2D eigenvalue weighted by Gasteiger charge is 2.08. The molecule has 1 aromatic rings. The Balaban J connectivity index is 3.13. The summed E-state index contributed by atoms with van der Waals surface area (Å²) in [4.78, 5) is 2.64. The lowest BCUT2D eigenvalue weighted by molar-refractivity contribution is 0.242. The molecule has 15 heavy (non-hydrogen) atoms. The predicted octanol–water partition coefficient (Wildman–Crippen LogP) is 4.72. The zero-order valence-corrected chi connectivity index (χ0v) is 9.75. The van der Waals surface area contributed by atoms with Crippen molar-refractivity contribution in [3.63, 3.8) is 0 Å². The maximum atomic E-state index is 8.28. The van der Waals surface area contributed by atoms with Crippen molar-refractivity contribution in [2.45, 2.75) is 20.0 Å². The summed E-state index contributed by atoms with van der Waals surface area (Å²) in [7, 11) is 0. The van der Waals surface area contributed by atoms with E-state index in [1.807, 2.05) is 13.8 Å². The van der Waals surface area contributed by atoms with Gasteiger partial charge in [0.05, 0.1) is 21.8 Å². The quantitative estimate of drug-likeness (QED) is 0.432. The molecule has 0 fully saturated rings. The molecule has 0 aliphatic carbocycles. The van der Waals surface area contributed by atoms with Crippen molar-refractivity contribution in [2.75, 3.05) is 0 Å². The summed E-state index contributed by atoms with van der Waals surface area (Å²) in [5.41, 5.74) is 8.57. The third-order valence-corrected chi connectivity index (χ3v) is 2.11. The molecule has 0 amide bonds. The minimum Gasteiger partial charge on any atom is -0.489 e. The van der Waals surface area contributed by atoms with E-state index in [1.54, 1.807) is 0 Å². The van der Waals surface area contributed by atoms with E-state index in [4.69, 9.17) is 33.5 Å². The molecule has 6 heteroatoms. The summed E-state index contributed by atoms with van der Waals surface area (Å²) in [5.74, 6) is 0.480. The molecule has 0 saturated heterocycles. The van der Waals surface area contributed by atoms with Crippen molar-refractivity contribution in [2.24, 2.45) is 5.11 Å². The van der Waals surface area contributed by atoms with Crippen molar-refractivity contribution < 1.29 is 4.74 Å². The first-order valence-electron chi connectivity index (χ1n) is 4.25. The number of rotatable bonds is 3. The molecular weight excluding hydrogens is 237 g/mol. The number of azide groups is 1. The van der Waals surface area contributed by atoms with E-state index >= 15 is 0 Å². The molecule has 1 aromatic carbocycles. The molecule has 0 spiro atoms. The zero-order chi connectivity index (χ0) is 11.4. The Kier molecular flexibility index (Phi) is 4.09. The van der Waals surface area contributed by atoms with E-state index < -0.39 is 0 Å². The van der Waals surface area contributed by atoms with Gasteiger partial charge in [-0.3, -0.25) is 0 Å². The lowest BCUT2D eigenvalue weighted by Crippen LogP contribution is -2.05. The number of benzene rings is 1. The minimum atomic E-state index is 0.00360. The van der Waals surface area contributed by atoms with Crippen molar-refractivity contribution in [1.82, 2.24) is 0 Å². The van der Waals surface area contributed by atoms with E-state index in [-0.39, 0.29) is 6.10 Å². The van der Waals surface area contributed by atoms with Gasteiger partial charge in [-0.25, -0.2) is 0 Å². The molecule has 0 radical (unpaired) electrons. The molecule has 0 bridgehead atoms. The Morgan fingerprint density at radius 1 is 1.33 bits per heavy atom. The maximum absolute atomic E-state index is 8.28. The average molecular weight is 246 g/mol.